The lowest BCUT2D eigenvalue weighted by atomic mass is 9.97. The first kappa shape index (κ1) is 21.6. The zero-order valence-corrected chi connectivity index (χ0v) is 18.1. The highest BCUT2D eigenvalue weighted by Crippen LogP contribution is 2.23. The lowest BCUT2D eigenvalue weighted by Crippen LogP contribution is -2.49. The van der Waals surface area contributed by atoms with Crippen molar-refractivity contribution >= 4 is 11.8 Å². The van der Waals surface area contributed by atoms with Gasteiger partial charge in [0.2, 0.25) is 0 Å². The van der Waals surface area contributed by atoms with Crippen LogP contribution in [-0.4, -0.2) is 78.4 Å². The molecule has 2 heterocycles. The molecule has 0 bridgehead atoms. The molecule has 3 rings (SSSR count). The van der Waals surface area contributed by atoms with Crippen molar-refractivity contribution in [3.05, 3.63) is 29.8 Å². The number of carbonyl (C=O) groups excluding carboxylic acids is 2. The third kappa shape index (κ3) is 5.72. The normalized spacial score (nSPS) is 22.5. The Morgan fingerprint density at radius 3 is 2.28 bits per heavy atom. The number of likely N-dealkylation sites (N-methyl/N-ethyl adjacent to an activating group) is 1. The quantitative estimate of drug-likeness (QED) is 0.705. The number of hydrogen-bond donors (Lipinski definition) is 0. The minimum absolute atomic E-state index is 0.0165. The summed E-state index contributed by atoms with van der Waals surface area (Å²) in [6.07, 6.45) is 5.81. The van der Waals surface area contributed by atoms with Gasteiger partial charge >= 0.3 is 0 Å². The van der Waals surface area contributed by atoms with Gasteiger partial charge in [-0.1, -0.05) is 0 Å². The second-order valence-electron chi connectivity index (χ2n) is 8.52. The topological polar surface area (TPSA) is 53.1 Å². The van der Waals surface area contributed by atoms with Gasteiger partial charge in [-0.3, -0.25) is 9.59 Å². The summed E-state index contributed by atoms with van der Waals surface area (Å²) in [7, 11) is 1.85. The Hall–Kier alpha value is -2.08. The van der Waals surface area contributed by atoms with E-state index in [2.05, 4.69) is 18.7 Å². The number of nitrogens with zero attached hydrogens (tertiary/aromatic N) is 3. The molecule has 0 aromatic heterocycles. The Balaban J connectivity index is 1.47. The van der Waals surface area contributed by atoms with Gasteiger partial charge in [0.25, 0.3) is 11.8 Å². The van der Waals surface area contributed by atoms with Crippen LogP contribution in [0.5, 0.6) is 5.75 Å². The molecule has 6 heteroatoms. The van der Waals surface area contributed by atoms with Crippen molar-refractivity contribution in [2.45, 2.75) is 58.0 Å². The van der Waals surface area contributed by atoms with Crippen molar-refractivity contribution in [2.75, 3.05) is 39.8 Å². The third-order valence-electron chi connectivity index (χ3n) is 6.24. The van der Waals surface area contributed by atoms with Gasteiger partial charge in [-0.2, -0.15) is 0 Å². The molecular formula is C23H35N3O3. The van der Waals surface area contributed by atoms with Crippen LogP contribution < -0.4 is 4.74 Å². The fraction of sp³-hybridized carbons (Fsp3) is 0.652. The molecule has 0 aliphatic carbocycles. The predicted molar refractivity (Wildman–Crippen MR) is 114 cm³/mol. The Morgan fingerprint density at radius 1 is 1.03 bits per heavy atom. The number of likely N-dealkylation sites (tertiary alicyclic amines) is 2. The second kappa shape index (κ2) is 10.1. The molecule has 0 N–H and O–H groups in total. The van der Waals surface area contributed by atoms with Crippen LogP contribution in [0.1, 0.15) is 56.3 Å². The van der Waals surface area contributed by atoms with E-state index >= 15 is 0 Å². The van der Waals surface area contributed by atoms with Crippen molar-refractivity contribution in [1.29, 1.82) is 0 Å². The van der Waals surface area contributed by atoms with Crippen LogP contribution in [-0.2, 0) is 4.79 Å². The van der Waals surface area contributed by atoms with E-state index in [-0.39, 0.29) is 30.5 Å². The van der Waals surface area contributed by atoms with E-state index in [1.165, 1.54) is 19.3 Å². The number of benzene rings is 1. The van der Waals surface area contributed by atoms with Crippen molar-refractivity contribution in [2.24, 2.45) is 0 Å². The number of piperidine rings is 1. The predicted octanol–water partition coefficient (Wildman–Crippen LogP) is 3.02. The number of hydrogen-bond acceptors (Lipinski definition) is 4. The highest BCUT2D eigenvalue weighted by atomic mass is 16.5. The van der Waals surface area contributed by atoms with E-state index in [9.17, 15) is 9.59 Å². The van der Waals surface area contributed by atoms with E-state index < -0.39 is 0 Å². The Morgan fingerprint density at radius 2 is 1.66 bits per heavy atom. The molecule has 1 aromatic rings. The van der Waals surface area contributed by atoms with Gasteiger partial charge in [0.05, 0.1) is 0 Å². The summed E-state index contributed by atoms with van der Waals surface area (Å²) in [4.78, 5) is 31.3. The minimum atomic E-state index is 0.0165. The molecule has 2 fully saturated rings. The van der Waals surface area contributed by atoms with Crippen LogP contribution >= 0.6 is 0 Å². The van der Waals surface area contributed by atoms with Gasteiger partial charge in [-0.25, -0.2) is 0 Å². The maximum Gasteiger partial charge on any atom is 0.260 e. The molecule has 29 heavy (non-hydrogen) atoms. The van der Waals surface area contributed by atoms with E-state index in [1.807, 2.05) is 11.9 Å². The number of ether oxygens (including phenoxy) is 1. The number of amides is 2. The van der Waals surface area contributed by atoms with Crippen molar-refractivity contribution in [1.82, 2.24) is 14.7 Å². The molecule has 2 atom stereocenters. The molecule has 2 unspecified atom stereocenters. The molecule has 2 saturated heterocycles. The first-order valence-electron chi connectivity index (χ1n) is 11.0. The molecule has 0 spiro atoms. The van der Waals surface area contributed by atoms with Crippen LogP contribution in [0.4, 0.5) is 0 Å². The standard InChI is InChI=1S/C23H35N3O3/c1-18-7-6-8-19(2)26(18)22(27)17-29-21-11-9-20(10-12-21)23(28)24(3)15-16-25-13-4-5-14-25/h9-12,18-19H,4-8,13-17H2,1-3H3. The molecule has 6 nitrogen and oxygen atoms in total. The lowest BCUT2D eigenvalue weighted by Gasteiger charge is -2.38. The Labute approximate surface area is 174 Å². The highest BCUT2D eigenvalue weighted by Gasteiger charge is 2.29. The lowest BCUT2D eigenvalue weighted by molar-refractivity contribution is -0.139. The van der Waals surface area contributed by atoms with Crippen LogP contribution in [0, 0.1) is 0 Å². The average Bonchev–Trinajstić information content (AvgIpc) is 3.24. The van der Waals surface area contributed by atoms with Crippen LogP contribution in [0.15, 0.2) is 24.3 Å². The summed E-state index contributed by atoms with van der Waals surface area (Å²) in [5.74, 6) is 0.668. The minimum Gasteiger partial charge on any atom is -0.484 e. The number of carbonyl (C=O) groups is 2. The van der Waals surface area contributed by atoms with E-state index in [4.69, 9.17) is 4.74 Å². The van der Waals surface area contributed by atoms with Crippen LogP contribution in [0.25, 0.3) is 0 Å². The van der Waals surface area contributed by atoms with E-state index in [0.717, 1.165) is 39.0 Å². The van der Waals surface area contributed by atoms with E-state index in [1.54, 1.807) is 29.2 Å². The fourth-order valence-electron chi connectivity index (χ4n) is 4.45. The molecular weight excluding hydrogens is 366 g/mol. The highest BCUT2D eigenvalue weighted by molar-refractivity contribution is 5.94. The summed E-state index contributed by atoms with van der Waals surface area (Å²) >= 11 is 0. The first-order valence-corrected chi connectivity index (χ1v) is 11.0. The van der Waals surface area contributed by atoms with Crippen molar-refractivity contribution in [3.8, 4) is 5.75 Å². The second-order valence-corrected chi connectivity index (χ2v) is 8.52. The van der Waals surface area contributed by atoms with Crippen LogP contribution in [0.3, 0.4) is 0 Å². The van der Waals surface area contributed by atoms with Gasteiger partial charge in [0.1, 0.15) is 5.75 Å². The molecule has 1 aromatic carbocycles. The maximum absolute atomic E-state index is 12.6. The molecule has 2 aliphatic heterocycles. The van der Waals surface area contributed by atoms with Gasteiger partial charge in [-0.05, 0) is 83.3 Å². The van der Waals surface area contributed by atoms with Gasteiger partial charge in [-0.15, -0.1) is 0 Å². The molecule has 160 valence electrons. The Kier molecular flexibility index (Phi) is 7.53. The Bertz CT molecular complexity index is 675. The zero-order valence-electron chi connectivity index (χ0n) is 18.1. The summed E-state index contributed by atoms with van der Waals surface area (Å²) < 4.78 is 5.71. The first-order chi connectivity index (χ1) is 14.0. The zero-order chi connectivity index (χ0) is 20.8. The van der Waals surface area contributed by atoms with Gasteiger partial charge in [0.15, 0.2) is 6.61 Å². The monoisotopic (exact) mass is 401 g/mol. The largest absolute Gasteiger partial charge is 0.484 e. The van der Waals surface area contributed by atoms with Crippen LogP contribution in [0.2, 0.25) is 0 Å². The molecule has 2 aliphatic rings. The molecule has 0 radical (unpaired) electrons. The summed E-state index contributed by atoms with van der Waals surface area (Å²) in [6, 6.07) is 7.65. The SMILES string of the molecule is CC1CCCC(C)N1C(=O)COc1ccc(C(=O)N(C)CCN2CCCC2)cc1. The van der Waals surface area contributed by atoms with Gasteiger partial charge < -0.3 is 19.4 Å². The maximum atomic E-state index is 12.6. The van der Waals surface area contributed by atoms with E-state index in [0.29, 0.717) is 11.3 Å². The average molecular weight is 402 g/mol. The summed E-state index contributed by atoms with van der Waals surface area (Å²) in [5.41, 5.74) is 0.644. The van der Waals surface area contributed by atoms with Crippen molar-refractivity contribution < 1.29 is 14.3 Å². The molecule has 0 saturated carbocycles. The van der Waals surface area contributed by atoms with Crippen molar-refractivity contribution in [3.63, 3.8) is 0 Å². The van der Waals surface area contributed by atoms with Gasteiger partial charge in [0, 0.05) is 37.8 Å². The smallest absolute Gasteiger partial charge is 0.260 e. The number of rotatable bonds is 7. The summed E-state index contributed by atoms with van der Waals surface area (Å²) in [5, 5.41) is 0. The fourth-order valence-corrected chi connectivity index (χ4v) is 4.45. The molecule has 2 amide bonds. The summed E-state index contributed by atoms with van der Waals surface area (Å²) in [6.45, 7) is 8.19. The third-order valence-corrected chi connectivity index (χ3v) is 6.24.